The maximum atomic E-state index is 11.0. The molecule has 0 amide bonds. The average Bonchev–Trinajstić information content (AvgIpc) is 2.43. The molecule has 0 radical (unpaired) electrons. The van der Waals surface area contributed by atoms with Gasteiger partial charge in [-0.3, -0.25) is 14.9 Å². The summed E-state index contributed by atoms with van der Waals surface area (Å²) in [6.45, 7) is 2.54. The SMILES string of the molecule is CCOc1cc(CNC(CC(=O)O)C(=O)O)ccc1OC. The lowest BCUT2D eigenvalue weighted by atomic mass is 10.1. The Morgan fingerprint density at radius 2 is 2.00 bits per heavy atom. The van der Waals surface area contributed by atoms with E-state index in [0.29, 0.717) is 18.1 Å². The largest absolute Gasteiger partial charge is 0.493 e. The molecule has 1 unspecified atom stereocenters. The predicted molar refractivity (Wildman–Crippen MR) is 74.7 cm³/mol. The Kier molecular flexibility index (Phi) is 6.48. The van der Waals surface area contributed by atoms with E-state index in [2.05, 4.69) is 5.32 Å². The number of hydrogen-bond acceptors (Lipinski definition) is 5. The Bertz CT molecular complexity index is 502. The minimum atomic E-state index is -1.20. The van der Waals surface area contributed by atoms with Gasteiger partial charge in [0.1, 0.15) is 6.04 Å². The van der Waals surface area contributed by atoms with Crippen molar-refractivity contribution in [2.24, 2.45) is 0 Å². The number of carboxylic acid groups (broad SMARTS) is 2. The molecule has 21 heavy (non-hydrogen) atoms. The summed E-state index contributed by atoms with van der Waals surface area (Å²) in [5, 5.41) is 20.3. The standard InChI is InChI=1S/C14H19NO6/c1-3-21-12-6-9(4-5-11(12)20-2)8-15-10(14(18)19)7-13(16)17/h4-6,10,15H,3,7-8H2,1-2H3,(H,16,17)(H,18,19). The number of rotatable bonds is 9. The maximum Gasteiger partial charge on any atom is 0.321 e. The fourth-order valence-corrected chi connectivity index (χ4v) is 1.76. The Hall–Kier alpha value is -2.28. The molecule has 0 saturated carbocycles. The van der Waals surface area contributed by atoms with Gasteiger partial charge in [-0.2, -0.15) is 0 Å². The van der Waals surface area contributed by atoms with Gasteiger partial charge in [0.15, 0.2) is 11.5 Å². The quantitative estimate of drug-likeness (QED) is 0.627. The van der Waals surface area contributed by atoms with Crippen LogP contribution in [0.25, 0.3) is 0 Å². The molecule has 0 bridgehead atoms. The minimum absolute atomic E-state index is 0.217. The van der Waals surface area contributed by atoms with Crippen molar-refractivity contribution < 1.29 is 29.3 Å². The molecule has 0 aliphatic rings. The van der Waals surface area contributed by atoms with Crippen LogP contribution >= 0.6 is 0 Å². The number of methoxy groups -OCH3 is 1. The van der Waals surface area contributed by atoms with Gasteiger partial charge in [-0.05, 0) is 24.6 Å². The Balaban J connectivity index is 2.75. The lowest BCUT2D eigenvalue weighted by molar-refractivity contribution is -0.146. The average molecular weight is 297 g/mol. The van der Waals surface area contributed by atoms with Crippen LogP contribution in [0.1, 0.15) is 18.9 Å². The van der Waals surface area contributed by atoms with Gasteiger partial charge in [0.05, 0.1) is 20.1 Å². The topological polar surface area (TPSA) is 105 Å². The third-order valence-corrected chi connectivity index (χ3v) is 2.76. The first-order valence-corrected chi connectivity index (χ1v) is 6.45. The fraction of sp³-hybridized carbons (Fsp3) is 0.429. The number of carboxylic acids is 2. The van der Waals surface area contributed by atoms with Crippen LogP contribution in [-0.4, -0.2) is 41.9 Å². The van der Waals surface area contributed by atoms with E-state index in [9.17, 15) is 9.59 Å². The molecule has 0 saturated heterocycles. The van der Waals surface area contributed by atoms with E-state index < -0.39 is 24.4 Å². The van der Waals surface area contributed by atoms with Crippen molar-refractivity contribution in [3.63, 3.8) is 0 Å². The number of carbonyl (C=O) groups is 2. The van der Waals surface area contributed by atoms with Gasteiger partial charge in [0, 0.05) is 6.54 Å². The summed E-state index contributed by atoms with van der Waals surface area (Å²) in [4.78, 5) is 21.6. The summed E-state index contributed by atoms with van der Waals surface area (Å²) in [5.41, 5.74) is 0.774. The van der Waals surface area contributed by atoms with Gasteiger partial charge in [-0.15, -0.1) is 0 Å². The molecular formula is C14H19NO6. The van der Waals surface area contributed by atoms with Gasteiger partial charge < -0.3 is 19.7 Å². The van der Waals surface area contributed by atoms with Crippen LogP contribution in [-0.2, 0) is 16.1 Å². The van der Waals surface area contributed by atoms with E-state index >= 15 is 0 Å². The van der Waals surface area contributed by atoms with Crippen molar-refractivity contribution in [3.05, 3.63) is 23.8 Å². The Morgan fingerprint density at radius 1 is 1.29 bits per heavy atom. The van der Waals surface area contributed by atoms with Gasteiger partial charge >= 0.3 is 11.9 Å². The van der Waals surface area contributed by atoms with E-state index in [1.54, 1.807) is 18.2 Å². The van der Waals surface area contributed by atoms with Crippen molar-refractivity contribution in [2.45, 2.75) is 25.9 Å². The van der Waals surface area contributed by atoms with Crippen LogP contribution in [0.4, 0.5) is 0 Å². The third kappa shape index (κ3) is 5.31. The molecule has 7 heteroatoms. The number of ether oxygens (including phenoxy) is 2. The molecule has 3 N–H and O–H groups in total. The highest BCUT2D eigenvalue weighted by Gasteiger charge is 2.20. The van der Waals surface area contributed by atoms with Crippen molar-refractivity contribution >= 4 is 11.9 Å². The van der Waals surface area contributed by atoms with Crippen molar-refractivity contribution in [1.29, 1.82) is 0 Å². The molecule has 7 nitrogen and oxygen atoms in total. The second kappa shape index (κ2) is 8.11. The normalized spacial score (nSPS) is 11.7. The summed E-state index contributed by atoms with van der Waals surface area (Å²) < 4.78 is 10.6. The first-order chi connectivity index (χ1) is 9.97. The van der Waals surface area contributed by atoms with Crippen LogP contribution in [0.5, 0.6) is 11.5 Å². The predicted octanol–water partition coefficient (Wildman–Crippen LogP) is 1.11. The lowest BCUT2D eigenvalue weighted by Crippen LogP contribution is -2.38. The van der Waals surface area contributed by atoms with E-state index in [0.717, 1.165) is 5.56 Å². The minimum Gasteiger partial charge on any atom is -0.493 e. The molecule has 1 atom stereocenters. The van der Waals surface area contributed by atoms with E-state index in [1.807, 2.05) is 6.92 Å². The third-order valence-electron chi connectivity index (χ3n) is 2.76. The first kappa shape index (κ1) is 16.8. The number of nitrogens with one attached hydrogen (secondary N) is 1. The molecule has 1 rings (SSSR count). The molecule has 0 aliphatic carbocycles. The molecule has 1 aromatic rings. The van der Waals surface area contributed by atoms with E-state index in [1.165, 1.54) is 7.11 Å². The summed E-state index contributed by atoms with van der Waals surface area (Å²) in [6.07, 6.45) is -0.482. The highest BCUT2D eigenvalue weighted by atomic mass is 16.5. The second-order valence-corrected chi connectivity index (χ2v) is 4.29. The van der Waals surface area contributed by atoms with E-state index in [4.69, 9.17) is 19.7 Å². The molecule has 0 aliphatic heterocycles. The highest BCUT2D eigenvalue weighted by molar-refractivity contribution is 5.80. The molecule has 1 aromatic carbocycles. The molecule has 0 aromatic heterocycles. The summed E-state index contributed by atoms with van der Waals surface area (Å²) in [5.74, 6) is -1.22. The van der Waals surface area contributed by atoms with Crippen LogP contribution in [0, 0.1) is 0 Å². The Morgan fingerprint density at radius 3 is 2.52 bits per heavy atom. The monoisotopic (exact) mass is 297 g/mol. The molecule has 0 heterocycles. The highest BCUT2D eigenvalue weighted by Crippen LogP contribution is 2.28. The zero-order chi connectivity index (χ0) is 15.8. The van der Waals surface area contributed by atoms with E-state index in [-0.39, 0.29) is 6.54 Å². The zero-order valence-corrected chi connectivity index (χ0v) is 12.0. The van der Waals surface area contributed by atoms with Crippen LogP contribution in [0.3, 0.4) is 0 Å². The first-order valence-electron chi connectivity index (χ1n) is 6.45. The summed E-state index contributed by atoms with van der Waals surface area (Å²) in [7, 11) is 1.53. The van der Waals surface area contributed by atoms with Gasteiger partial charge in [-0.25, -0.2) is 0 Å². The van der Waals surface area contributed by atoms with Gasteiger partial charge in [-0.1, -0.05) is 6.07 Å². The number of aliphatic carboxylic acids is 2. The number of benzene rings is 1. The summed E-state index contributed by atoms with van der Waals surface area (Å²) in [6, 6.07) is 4.07. The fourth-order valence-electron chi connectivity index (χ4n) is 1.76. The Labute approximate surface area is 122 Å². The van der Waals surface area contributed by atoms with Crippen molar-refractivity contribution in [1.82, 2.24) is 5.32 Å². The van der Waals surface area contributed by atoms with Gasteiger partial charge in [0.2, 0.25) is 0 Å². The molecule has 0 fully saturated rings. The summed E-state index contributed by atoms with van der Waals surface area (Å²) >= 11 is 0. The van der Waals surface area contributed by atoms with Gasteiger partial charge in [0.25, 0.3) is 0 Å². The van der Waals surface area contributed by atoms with Crippen LogP contribution in [0.15, 0.2) is 18.2 Å². The molecular weight excluding hydrogens is 278 g/mol. The number of hydrogen-bond donors (Lipinski definition) is 3. The maximum absolute atomic E-state index is 11.0. The van der Waals surface area contributed by atoms with Crippen LogP contribution in [0.2, 0.25) is 0 Å². The van der Waals surface area contributed by atoms with Crippen molar-refractivity contribution in [2.75, 3.05) is 13.7 Å². The smallest absolute Gasteiger partial charge is 0.321 e. The lowest BCUT2D eigenvalue weighted by Gasteiger charge is -2.14. The molecule has 116 valence electrons. The zero-order valence-electron chi connectivity index (χ0n) is 12.0. The van der Waals surface area contributed by atoms with Crippen LogP contribution < -0.4 is 14.8 Å². The second-order valence-electron chi connectivity index (χ2n) is 4.29. The van der Waals surface area contributed by atoms with Crippen molar-refractivity contribution in [3.8, 4) is 11.5 Å². The molecule has 0 spiro atoms.